The number of esters is 1. The number of anilines is 1. The summed E-state index contributed by atoms with van der Waals surface area (Å²) in [4.78, 5) is 25.2. The van der Waals surface area contributed by atoms with Crippen LogP contribution in [-0.2, 0) is 30.0 Å². The van der Waals surface area contributed by atoms with Gasteiger partial charge in [0.05, 0.1) is 30.8 Å². The monoisotopic (exact) mass is 495 g/mol. The van der Waals surface area contributed by atoms with Crippen molar-refractivity contribution in [3.8, 4) is 5.75 Å². The minimum Gasteiger partial charge on any atom is -0.491 e. The summed E-state index contributed by atoms with van der Waals surface area (Å²) in [5.41, 5.74) is 1.22. The van der Waals surface area contributed by atoms with Gasteiger partial charge in [-0.3, -0.25) is 9.59 Å². The Bertz CT molecular complexity index is 1100. The van der Waals surface area contributed by atoms with Crippen LogP contribution in [0.1, 0.15) is 56.5 Å². The Morgan fingerprint density at radius 1 is 1.08 bits per heavy atom. The van der Waals surface area contributed by atoms with E-state index in [2.05, 4.69) is 5.32 Å². The third kappa shape index (κ3) is 5.91. The molecule has 2 saturated heterocycles. The van der Waals surface area contributed by atoms with Crippen molar-refractivity contribution in [2.75, 3.05) is 25.6 Å². The lowest BCUT2D eigenvalue weighted by atomic mass is 9.78. The molecule has 1 amide bonds. The Morgan fingerprint density at radius 3 is 2.47 bits per heavy atom. The fourth-order valence-corrected chi connectivity index (χ4v) is 4.14. The molecule has 9 heteroatoms. The molecule has 0 saturated carbocycles. The highest BCUT2D eigenvalue weighted by Gasteiger charge is 2.51. The third-order valence-corrected chi connectivity index (χ3v) is 7.00. The molecule has 0 bridgehead atoms. The second-order valence-electron chi connectivity index (χ2n) is 10.2. The Kier molecular flexibility index (Phi) is 7.73. The highest BCUT2D eigenvalue weighted by molar-refractivity contribution is 6.62. The predicted molar refractivity (Wildman–Crippen MR) is 137 cm³/mol. The van der Waals surface area contributed by atoms with E-state index >= 15 is 0 Å². The van der Waals surface area contributed by atoms with Gasteiger partial charge in [0.1, 0.15) is 12.4 Å². The van der Waals surface area contributed by atoms with Crippen molar-refractivity contribution in [1.29, 1.82) is 0 Å². The summed E-state index contributed by atoms with van der Waals surface area (Å²) in [7, 11) is 0.683. The van der Waals surface area contributed by atoms with Crippen LogP contribution in [0.15, 0.2) is 42.5 Å². The first kappa shape index (κ1) is 26.2. The van der Waals surface area contributed by atoms with Crippen LogP contribution in [0.2, 0.25) is 0 Å². The van der Waals surface area contributed by atoms with Crippen molar-refractivity contribution in [3.63, 3.8) is 0 Å². The molecular weight excluding hydrogens is 461 g/mol. The van der Waals surface area contributed by atoms with Gasteiger partial charge in [-0.15, -0.1) is 0 Å². The van der Waals surface area contributed by atoms with Crippen LogP contribution < -0.4 is 15.5 Å². The lowest BCUT2D eigenvalue weighted by Gasteiger charge is -2.32. The molecule has 2 aliphatic heterocycles. The smallest absolute Gasteiger partial charge is 0.491 e. The topological polar surface area (TPSA) is 92.3 Å². The molecule has 1 N–H and O–H groups in total. The number of amides is 1. The predicted octanol–water partition coefficient (Wildman–Crippen LogP) is 3.51. The Labute approximate surface area is 212 Å². The molecule has 0 unspecified atom stereocenters. The number of carbonyl (C=O) groups is 2. The first-order chi connectivity index (χ1) is 17.1. The number of hydrogen-bond acceptors (Lipinski definition) is 7. The fourth-order valence-electron chi connectivity index (χ4n) is 4.14. The molecule has 0 spiro atoms. The quantitative estimate of drug-likeness (QED) is 0.443. The molecule has 0 radical (unpaired) electrons. The summed E-state index contributed by atoms with van der Waals surface area (Å²) < 4.78 is 29.0. The number of para-hydroxylation sites is 1. The molecule has 1 atom stereocenters. The Morgan fingerprint density at radius 2 is 1.81 bits per heavy atom. The maximum Gasteiger partial charge on any atom is 0.494 e. The first-order valence-corrected chi connectivity index (χ1v) is 12.3. The first-order valence-electron chi connectivity index (χ1n) is 12.3. The van der Waals surface area contributed by atoms with E-state index in [1.807, 2.05) is 39.8 Å². The van der Waals surface area contributed by atoms with E-state index in [0.29, 0.717) is 34.6 Å². The molecule has 36 heavy (non-hydrogen) atoms. The summed E-state index contributed by atoms with van der Waals surface area (Å²) in [6, 6.07) is 12.4. The van der Waals surface area contributed by atoms with Gasteiger partial charge in [0.2, 0.25) is 0 Å². The molecule has 4 rings (SSSR count). The highest BCUT2D eigenvalue weighted by atomic mass is 16.7. The number of benzene rings is 2. The van der Waals surface area contributed by atoms with Crippen LogP contribution >= 0.6 is 0 Å². The fraction of sp³-hybridized carbons (Fsp3) is 0.481. The van der Waals surface area contributed by atoms with Gasteiger partial charge in [-0.25, -0.2) is 0 Å². The number of methoxy groups -OCH3 is 1. The van der Waals surface area contributed by atoms with Gasteiger partial charge in [-0.05, 0) is 75.8 Å². The molecule has 2 fully saturated rings. The van der Waals surface area contributed by atoms with Crippen LogP contribution in [0.5, 0.6) is 5.75 Å². The van der Waals surface area contributed by atoms with Gasteiger partial charge in [-0.2, -0.15) is 0 Å². The van der Waals surface area contributed by atoms with Crippen LogP contribution in [0, 0.1) is 0 Å². The normalized spacial score (nSPS) is 20.2. The van der Waals surface area contributed by atoms with Gasteiger partial charge in [0.15, 0.2) is 0 Å². The van der Waals surface area contributed by atoms with E-state index in [9.17, 15) is 9.59 Å². The maximum atomic E-state index is 13.4. The van der Waals surface area contributed by atoms with Crippen LogP contribution in [0.25, 0.3) is 0 Å². The Balaban J connectivity index is 1.60. The van der Waals surface area contributed by atoms with Gasteiger partial charge in [-0.1, -0.05) is 18.2 Å². The molecule has 2 aliphatic rings. The van der Waals surface area contributed by atoms with Gasteiger partial charge < -0.3 is 28.8 Å². The third-order valence-electron chi connectivity index (χ3n) is 7.00. The minimum absolute atomic E-state index is 0.0352. The van der Waals surface area contributed by atoms with Crippen molar-refractivity contribution >= 4 is 30.1 Å². The number of nitrogens with one attached hydrogen (secondary N) is 1. The SMILES string of the molecule is COC(=O)Cc1ccccc1NC(=O)c1cc(OC[C@@H]2CCCO2)cc(B2OC(C)(C)C(C)(C)O2)c1. The second-order valence-corrected chi connectivity index (χ2v) is 10.2. The summed E-state index contributed by atoms with van der Waals surface area (Å²) in [6.07, 6.45) is 2.05. The minimum atomic E-state index is -0.653. The van der Waals surface area contributed by atoms with Crippen molar-refractivity contribution in [2.45, 2.75) is 64.3 Å². The molecule has 8 nitrogen and oxygen atoms in total. The zero-order valence-corrected chi connectivity index (χ0v) is 21.6. The number of hydrogen-bond donors (Lipinski definition) is 1. The molecule has 192 valence electrons. The number of ether oxygens (including phenoxy) is 3. The average Bonchev–Trinajstić information content (AvgIpc) is 3.43. The maximum absolute atomic E-state index is 13.4. The largest absolute Gasteiger partial charge is 0.494 e. The number of rotatable bonds is 8. The molecule has 2 aromatic carbocycles. The zero-order chi connectivity index (χ0) is 25.9. The zero-order valence-electron chi connectivity index (χ0n) is 21.6. The second kappa shape index (κ2) is 10.6. The lowest BCUT2D eigenvalue weighted by molar-refractivity contribution is -0.139. The van der Waals surface area contributed by atoms with Gasteiger partial charge in [0, 0.05) is 17.9 Å². The van der Waals surface area contributed by atoms with E-state index in [1.165, 1.54) is 7.11 Å². The summed E-state index contributed by atoms with van der Waals surface area (Å²) in [5.74, 6) is -0.192. The van der Waals surface area contributed by atoms with E-state index < -0.39 is 18.3 Å². The van der Waals surface area contributed by atoms with E-state index in [0.717, 1.165) is 19.4 Å². The van der Waals surface area contributed by atoms with Crippen LogP contribution in [-0.4, -0.2) is 56.6 Å². The van der Waals surface area contributed by atoms with Crippen molar-refractivity contribution < 1.29 is 33.1 Å². The van der Waals surface area contributed by atoms with E-state index in [4.69, 9.17) is 23.5 Å². The van der Waals surface area contributed by atoms with Crippen molar-refractivity contribution in [3.05, 3.63) is 53.6 Å². The molecule has 0 aliphatic carbocycles. The summed E-state index contributed by atoms with van der Waals surface area (Å²) in [6.45, 7) is 9.07. The van der Waals surface area contributed by atoms with Crippen molar-refractivity contribution in [1.82, 2.24) is 0 Å². The molecule has 2 aromatic rings. The summed E-state index contributed by atoms with van der Waals surface area (Å²) >= 11 is 0. The average molecular weight is 495 g/mol. The van der Waals surface area contributed by atoms with Gasteiger partial charge in [0.25, 0.3) is 5.91 Å². The standard InChI is InChI=1S/C27H34BNO7/c1-26(2)27(3,4)36-28(35-26)20-13-19(14-22(16-20)34-17-21-10-8-12-33-21)25(31)29-23-11-7-6-9-18(23)15-24(30)32-5/h6-7,9,11,13-14,16,21H,8,10,12,15,17H2,1-5H3,(H,29,31)/t21-/m0/s1. The Hall–Kier alpha value is -2.88. The van der Waals surface area contributed by atoms with E-state index in [-0.39, 0.29) is 24.4 Å². The highest BCUT2D eigenvalue weighted by Crippen LogP contribution is 2.36. The van der Waals surface area contributed by atoms with Crippen molar-refractivity contribution in [2.24, 2.45) is 0 Å². The van der Waals surface area contributed by atoms with Crippen LogP contribution in [0.4, 0.5) is 5.69 Å². The molecule has 0 aromatic heterocycles. The molecule has 2 heterocycles. The van der Waals surface area contributed by atoms with Gasteiger partial charge >= 0.3 is 13.1 Å². The van der Waals surface area contributed by atoms with E-state index in [1.54, 1.807) is 30.3 Å². The lowest BCUT2D eigenvalue weighted by Crippen LogP contribution is -2.41. The molecular formula is C27H34BNO7. The number of carbonyl (C=O) groups excluding carboxylic acids is 2. The van der Waals surface area contributed by atoms with Crippen LogP contribution in [0.3, 0.4) is 0 Å². The summed E-state index contributed by atoms with van der Waals surface area (Å²) in [5, 5.41) is 2.92.